The Kier molecular flexibility index (Phi) is 3.71. The van der Waals surface area contributed by atoms with Gasteiger partial charge in [0.25, 0.3) is 0 Å². The first kappa shape index (κ1) is 13.1. The SMILES string of the molecule is CNc1cc(NC2CCOC(C)(C)C2)nc(C)n1. The third kappa shape index (κ3) is 3.32. The topological polar surface area (TPSA) is 59.1 Å². The molecule has 2 rings (SSSR count). The van der Waals surface area contributed by atoms with Gasteiger partial charge in [0.05, 0.1) is 5.60 Å². The first-order chi connectivity index (χ1) is 8.48. The summed E-state index contributed by atoms with van der Waals surface area (Å²) < 4.78 is 5.72. The van der Waals surface area contributed by atoms with Crippen molar-refractivity contribution in [2.45, 2.75) is 45.3 Å². The van der Waals surface area contributed by atoms with Crippen molar-refractivity contribution in [2.24, 2.45) is 0 Å². The van der Waals surface area contributed by atoms with E-state index in [4.69, 9.17) is 4.74 Å². The fraction of sp³-hybridized carbons (Fsp3) is 0.692. The zero-order chi connectivity index (χ0) is 13.2. The minimum atomic E-state index is -0.0518. The van der Waals surface area contributed by atoms with Crippen LogP contribution in [-0.2, 0) is 4.74 Å². The predicted molar refractivity (Wildman–Crippen MR) is 73.0 cm³/mol. The van der Waals surface area contributed by atoms with E-state index >= 15 is 0 Å². The molecule has 1 unspecified atom stereocenters. The summed E-state index contributed by atoms with van der Waals surface area (Å²) in [7, 11) is 1.86. The third-order valence-corrected chi connectivity index (χ3v) is 3.14. The lowest BCUT2D eigenvalue weighted by Gasteiger charge is -2.36. The number of nitrogens with one attached hydrogen (secondary N) is 2. The molecule has 1 aromatic heterocycles. The number of nitrogens with zero attached hydrogens (tertiary/aromatic N) is 2. The van der Waals surface area contributed by atoms with E-state index in [-0.39, 0.29) is 5.60 Å². The minimum absolute atomic E-state index is 0.0518. The van der Waals surface area contributed by atoms with E-state index in [0.29, 0.717) is 6.04 Å². The van der Waals surface area contributed by atoms with Crippen LogP contribution < -0.4 is 10.6 Å². The van der Waals surface area contributed by atoms with Gasteiger partial charge in [-0.3, -0.25) is 0 Å². The van der Waals surface area contributed by atoms with Crippen LogP contribution >= 0.6 is 0 Å². The van der Waals surface area contributed by atoms with Crippen LogP contribution in [0.15, 0.2) is 6.07 Å². The number of rotatable bonds is 3. The van der Waals surface area contributed by atoms with Crippen LogP contribution in [0.1, 0.15) is 32.5 Å². The molecule has 100 valence electrons. The van der Waals surface area contributed by atoms with Crippen LogP contribution in [-0.4, -0.2) is 35.3 Å². The van der Waals surface area contributed by atoms with Crippen LogP contribution in [0.3, 0.4) is 0 Å². The van der Waals surface area contributed by atoms with Crippen molar-refractivity contribution in [1.29, 1.82) is 0 Å². The van der Waals surface area contributed by atoms with Crippen molar-refractivity contribution >= 4 is 11.6 Å². The van der Waals surface area contributed by atoms with Gasteiger partial charge < -0.3 is 15.4 Å². The van der Waals surface area contributed by atoms with Crippen molar-refractivity contribution in [3.05, 3.63) is 11.9 Å². The number of aromatic nitrogens is 2. The molecule has 1 saturated heterocycles. The first-order valence-corrected chi connectivity index (χ1v) is 6.42. The second-order valence-corrected chi connectivity index (χ2v) is 5.38. The summed E-state index contributed by atoms with van der Waals surface area (Å²) >= 11 is 0. The molecule has 1 atom stereocenters. The van der Waals surface area contributed by atoms with E-state index in [0.717, 1.165) is 36.9 Å². The highest BCUT2D eigenvalue weighted by Crippen LogP contribution is 2.26. The summed E-state index contributed by atoms with van der Waals surface area (Å²) in [5.41, 5.74) is -0.0518. The van der Waals surface area contributed by atoms with Gasteiger partial charge in [0.15, 0.2) is 0 Å². The molecule has 2 heterocycles. The minimum Gasteiger partial charge on any atom is -0.375 e. The molecule has 0 radical (unpaired) electrons. The average Bonchev–Trinajstić information content (AvgIpc) is 2.26. The Bertz CT molecular complexity index is 419. The summed E-state index contributed by atoms with van der Waals surface area (Å²) in [4.78, 5) is 8.71. The standard InChI is InChI=1S/C13H22N4O/c1-9-15-11(14-4)7-12(16-9)17-10-5-6-18-13(2,3)8-10/h7,10H,5-6,8H2,1-4H3,(H2,14,15,16,17). The zero-order valence-corrected chi connectivity index (χ0v) is 11.6. The monoisotopic (exact) mass is 250 g/mol. The van der Waals surface area contributed by atoms with Gasteiger partial charge in [0, 0.05) is 25.8 Å². The molecule has 18 heavy (non-hydrogen) atoms. The zero-order valence-electron chi connectivity index (χ0n) is 11.6. The van der Waals surface area contributed by atoms with E-state index in [1.165, 1.54) is 0 Å². The van der Waals surface area contributed by atoms with Gasteiger partial charge >= 0.3 is 0 Å². The van der Waals surface area contributed by atoms with Crippen LogP contribution in [0.4, 0.5) is 11.6 Å². The molecule has 5 nitrogen and oxygen atoms in total. The van der Waals surface area contributed by atoms with E-state index in [1.54, 1.807) is 0 Å². The molecule has 1 aromatic rings. The quantitative estimate of drug-likeness (QED) is 0.861. The Morgan fingerprint density at radius 3 is 2.72 bits per heavy atom. The van der Waals surface area contributed by atoms with Gasteiger partial charge in [0.1, 0.15) is 17.5 Å². The van der Waals surface area contributed by atoms with Crippen LogP contribution in [0.5, 0.6) is 0 Å². The maximum absolute atomic E-state index is 5.72. The number of anilines is 2. The lowest BCUT2D eigenvalue weighted by molar-refractivity contribution is -0.0553. The molecule has 1 aliphatic heterocycles. The molecule has 0 saturated carbocycles. The van der Waals surface area contributed by atoms with Crippen molar-refractivity contribution in [3.8, 4) is 0 Å². The molecular formula is C13H22N4O. The molecule has 0 spiro atoms. The van der Waals surface area contributed by atoms with Gasteiger partial charge in [0.2, 0.25) is 0 Å². The molecule has 5 heteroatoms. The molecule has 1 aliphatic rings. The highest BCUT2D eigenvalue weighted by molar-refractivity contribution is 5.47. The Morgan fingerprint density at radius 1 is 1.33 bits per heavy atom. The second kappa shape index (κ2) is 5.10. The summed E-state index contributed by atoms with van der Waals surface area (Å²) in [5.74, 6) is 2.50. The summed E-state index contributed by atoms with van der Waals surface area (Å²) in [6.07, 6.45) is 2.01. The fourth-order valence-corrected chi connectivity index (χ4v) is 2.33. The van der Waals surface area contributed by atoms with E-state index < -0.39 is 0 Å². The second-order valence-electron chi connectivity index (χ2n) is 5.38. The van der Waals surface area contributed by atoms with E-state index in [9.17, 15) is 0 Å². The van der Waals surface area contributed by atoms with Gasteiger partial charge in [-0.2, -0.15) is 0 Å². The lowest BCUT2D eigenvalue weighted by Crippen LogP contribution is -2.40. The van der Waals surface area contributed by atoms with Gasteiger partial charge in [-0.1, -0.05) is 0 Å². The Balaban J connectivity index is 2.07. The predicted octanol–water partition coefficient (Wildman–Crippen LogP) is 2.20. The number of hydrogen-bond acceptors (Lipinski definition) is 5. The maximum atomic E-state index is 5.72. The Labute approximate surface area is 108 Å². The summed E-state index contributed by atoms with van der Waals surface area (Å²) in [6, 6.07) is 2.35. The Hall–Kier alpha value is -1.36. The lowest BCUT2D eigenvalue weighted by atomic mass is 9.94. The van der Waals surface area contributed by atoms with Crippen LogP contribution in [0.25, 0.3) is 0 Å². The molecule has 0 bridgehead atoms. The smallest absolute Gasteiger partial charge is 0.132 e. The van der Waals surface area contributed by atoms with E-state index in [2.05, 4.69) is 34.4 Å². The van der Waals surface area contributed by atoms with Crippen LogP contribution in [0.2, 0.25) is 0 Å². The first-order valence-electron chi connectivity index (χ1n) is 6.42. The number of aryl methyl sites for hydroxylation is 1. The number of ether oxygens (including phenoxy) is 1. The summed E-state index contributed by atoms with van der Waals surface area (Å²) in [6.45, 7) is 6.96. The molecule has 2 N–H and O–H groups in total. The van der Waals surface area contributed by atoms with Gasteiger partial charge in [-0.05, 0) is 33.6 Å². The average molecular weight is 250 g/mol. The third-order valence-electron chi connectivity index (χ3n) is 3.14. The van der Waals surface area contributed by atoms with Crippen molar-refractivity contribution < 1.29 is 4.74 Å². The Morgan fingerprint density at radius 2 is 2.06 bits per heavy atom. The summed E-state index contributed by atoms with van der Waals surface area (Å²) in [5, 5.41) is 6.53. The van der Waals surface area contributed by atoms with Gasteiger partial charge in [-0.25, -0.2) is 9.97 Å². The molecular weight excluding hydrogens is 228 g/mol. The number of hydrogen-bond donors (Lipinski definition) is 2. The van der Waals surface area contributed by atoms with Crippen LogP contribution in [0, 0.1) is 6.92 Å². The highest BCUT2D eigenvalue weighted by Gasteiger charge is 2.28. The van der Waals surface area contributed by atoms with E-state index in [1.807, 2.05) is 20.0 Å². The molecule has 0 aliphatic carbocycles. The maximum Gasteiger partial charge on any atom is 0.132 e. The molecule has 0 amide bonds. The normalized spacial score (nSPS) is 22.6. The molecule has 1 fully saturated rings. The van der Waals surface area contributed by atoms with Crippen molar-refractivity contribution in [2.75, 3.05) is 24.3 Å². The van der Waals surface area contributed by atoms with Crippen molar-refractivity contribution in [1.82, 2.24) is 9.97 Å². The van der Waals surface area contributed by atoms with Crippen molar-refractivity contribution in [3.63, 3.8) is 0 Å². The van der Waals surface area contributed by atoms with Gasteiger partial charge in [-0.15, -0.1) is 0 Å². The molecule has 0 aromatic carbocycles. The fourth-order valence-electron chi connectivity index (χ4n) is 2.33. The largest absolute Gasteiger partial charge is 0.375 e. The highest BCUT2D eigenvalue weighted by atomic mass is 16.5.